The van der Waals surface area contributed by atoms with Crippen LogP contribution in [0, 0.1) is 5.92 Å². The number of sulfonamides is 1. The summed E-state index contributed by atoms with van der Waals surface area (Å²) in [7, 11) is -3.45. The average Bonchev–Trinajstić information content (AvgIpc) is 2.97. The number of carbonyl (C=O) groups is 1. The summed E-state index contributed by atoms with van der Waals surface area (Å²) in [4.78, 5) is 11.5. The van der Waals surface area contributed by atoms with Crippen molar-refractivity contribution in [1.82, 2.24) is 4.72 Å². The fourth-order valence-corrected chi connectivity index (χ4v) is 2.52. The predicted molar refractivity (Wildman–Crippen MR) is 57.5 cm³/mol. The molecule has 1 rings (SSSR count). The van der Waals surface area contributed by atoms with Crippen molar-refractivity contribution in [2.75, 3.05) is 0 Å². The van der Waals surface area contributed by atoms with Gasteiger partial charge in [0, 0.05) is 0 Å². The van der Waals surface area contributed by atoms with Gasteiger partial charge in [0.2, 0.25) is 10.0 Å². The van der Waals surface area contributed by atoms with Crippen molar-refractivity contribution < 1.29 is 13.2 Å². The van der Waals surface area contributed by atoms with Gasteiger partial charge in [-0.3, -0.25) is 9.52 Å². The highest BCUT2D eigenvalue weighted by Crippen LogP contribution is 2.27. The van der Waals surface area contributed by atoms with Crippen LogP contribution in [0.3, 0.4) is 0 Å². The van der Waals surface area contributed by atoms with Crippen molar-refractivity contribution in [1.29, 1.82) is 0 Å². The zero-order chi connectivity index (χ0) is 11.6. The van der Waals surface area contributed by atoms with Crippen LogP contribution >= 0.6 is 0 Å². The van der Waals surface area contributed by atoms with Crippen LogP contribution in [-0.4, -0.2) is 25.6 Å². The second kappa shape index (κ2) is 4.49. The standard InChI is InChI=1S/C9H18N2O3S/c1-3-6(2)8(10)9(12)11-15(13,14)7-4-5-7/h6-8H,3-5,10H2,1-2H3,(H,11,12)/t6-,8?/m0/s1. The molecule has 0 aliphatic heterocycles. The van der Waals surface area contributed by atoms with E-state index in [4.69, 9.17) is 5.73 Å². The zero-order valence-corrected chi connectivity index (χ0v) is 9.88. The van der Waals surface area contributed by atoms with Crippen molar-refractivity contribution in [3.8, 4) is 0 Å². The summed E-state index contributed by atoms with van der Waals surface area (Å²) in [5, 5.41) is -0.384. The van der Waals surface area contributed by atoms with Crippen LogP contribution in [0.5, 0.6) is 0 Å². The molecule has 0 saturated heterocycles. The van der Waals surface area contributed by atoms with Gasteiger partial charge in [-0.05, 0) is 18.8 Å². The second-order valence-electron chi connectivity index (χ2n) is 4.12. The van der Waals surface area contributed by atoms with E-state index in [2.05, 4.69) is 0 Å². The lowest BCUT2D eigenvalue weighted by molar-refractivity contribution is -0.121. The summed E-state index contributed by atoms with van der Waals surface area (Å²) < 4.78 is 24.9. The molecule has 1 aliphatic carbocycles. The Morgan fingerprint density at radius 2 is 2.07 bits per heavy atom. The molecule has 0 aromatic carbocycles. The van der Waals surface area contributed by atoms with E-state index in [9.17, 15) is 13.2 Å². The van der Waals surface area contributed by atoms with E-state index in [1.807, 2.05) is 18.6 Å². The third-order valence-corrected chi connectivity index (χ3v) is 4.60. The van der Waals surface area contributed by atoms with Crippen molar-refractivity contribution in [2.24, 2.45) is 11.7 Å². The Balaban J connectivity index is 2.55. The highest BCUT2D eigenvalue weighted by molar-refractivity contribution is 7.90. The number of amides is 1. The normalized spacial score (nSPS) is 20.7. The zero-order valence-electron chi connectivity index (χ0n) is 9.06. The first-order chi connectivity index (χ1) is 6.88. The van der Waals surface area contributed by atoms with Crippen molar-refractivity contribution in [3.63, 3.8) is 0 Å². The molecule has 0 spiro atoms. The van der Waals surface area contributed by atoms with Crippen LogP contribution in [0.25, 0.3) is 0 Å². The average molecular weight is 234 g/mol. The maximum absolute atomic E-state index is 11.5. The van der Waals surface area contributed by atoms with Crippen LogP contribution in [0.4, 0.5) is 0 Å². The lowest BCUT2D eigenvalue weighted by Gasteiger charge is -2.17. The first-order valence-electron chi connectivity index (χ1n) is 5.19. The van der Waals surface area contributed by atoms with Gasteiger partial charge in [-0.25, -0.2) is 8.42 Å². The maximum atomic E-state index is 11.5. The molecule has 0 heterocycles. The number of hydrogen-bond donors (Lipinski definition) is 2. The SMILES string of the molecule is CC[C@H](C)C(N)C(=O)NS(=O)(=O)C1CC1. The molecule has 6 heteroatoms. The molecule has 1 amide bonds. The maximum Gasteiger partial charge on any atom is 0.250 e. The molecule has 1 saturated carbocycles. The number of carbonyl (C=O) groups excluding carboxylic acids is 1. The summed E-state index contributed by atoms with van der Waals surface area (Å²) in [5.74, 6) is -0.601. The molecule has 1 unspecified atom stereocenters. The minimum atomic E-state index is -3.45. The summed E-state index contributed by atoms with van der Waals surface area (Å²) in [6.07, 6.45) is 2.03. The lowest BCUT2D eigenvalue weighted by Crippen LogP contribution is -2.47. The third kappa shape index (κ3) is 3.17. The molecule has 1 aliphatic rings. The van der Waals surface area contributed by atoms with Gasteiger partial charge in [0.15, 0.2) is 0 Å². The van der Waals surface area contributed by atoms with Crippen LogP contribution in [0.2, 0.25) is 0 Å². The largest absolute Gasteiger partial charge is 0.320 e. The molecule has 0 aromatic heterocycles. The molecule has 0 aromatic rings. The van der Waals surface area contributed by atoms with Gasteiger partial charge in [0.25, 0.3) is 5.91 Å². The highest BCUT2D eigenvalue weighted by atomic mass is 32.2. The summed E-state index contributed by atoms with van der Waals surface area (Å²) in [6, 6.07) is -0.747. The van der Waals surface area contributed by atoms with Crippen LogP contribution in [0.15, 0.2) is 0 Å². The first kappa shape index (κ1) is 12.4. The Labute approximate surface area is 90.5 Å². The highest BCUT2D eigenvalue weighted by Gasteiger charge is 2.37. The van der Waals surface area contributed by atoms with E-state index >= 15 is 0 Å². The van der Waals surface area contributed by atoms with Gasteiger partial charge < -0.3 is 5.73 Å². The third-order valence-electron chi connectivity index (χ3n) is 2.77. The van der Waals surface area contributed by atoms with E-state index in [1.165, 1.54) is 0 Å². The van der Waals surface area contributed by atoms with E-state index in [0.717, 1.165) is 6.42 Å². The fourth-order valence-electron chi connectivity index (χ4n) is 1.18. The molecule has 1 fully saturated rings. The Bertz CT molecular complexity index is 335. The second-order valence-corrected chi connectivity index (χ2v) is 6.08. The van der Waals surface area contributed by atoms with E-state index in [0.29, 0.717) is 12.8 Å². The summed E-state index contributed by atoms with van der Waals surface area (Å²) >= 11 is 0. The van der Waals surface area contributed by atoms with Gasteiger partial charge in [-0.1, -0.05) is 20.3 Å². The Morgan fingerprint density at radius 1 is 1.53 bits per heavy atom. The van der Waals surface area contributed by atoms with Crippen molar-refractivity contribution in [2.45, 2.75) is 44.4 Å². The van der Waals surface area contributed by atoms with E-state index in [1.54, 1.807) is 0 Å². The molecular weight excluding hydrogens is 216 g/mol. The monoisotopic (exact) mass is 234 g/mol. The molecule has 88 valence electrons. The minimum absolute atomic E-state index is 0.0144. The van der Waals surface area contributed by atoms with Gasteiger partial charge in [0.1, 0.15) is 0 Å². The van der Waals surface area contributed by atoms with Crippen LogP contribution < -0.4 is 10.5 Å². The number of nitrogens with one attached hydrogen (secondary N) is 1. The summed E-state index contributed by atoms with van der Waals surface area (Å²) in [5.41, 5.74) is 5.62. The Hall–Kier alpha value is -0.620. The number of nitrogens with two attached hydrogens (primary N) is 1. The van der Waals surface area contributed by atoms with Gasteiger partial charge in [0.05, 0.1) is 11.3 Å². The smallest absolute Gasteiger partial charge is 0.250 e. The number of hydrogen-bond acceptors (Lipinski definition) is 4. The quantitative estimate of drug-likeness (QED) is 0.699. The Kier molecular flexibility index (Phi) is 3.72. The van der Waals surface area contributed by atoms with Gasteiger partial charge >= 0.3 is 0 Å². The van der Waals surface area contributed by atoms with Gasteiger partial charge in [-0.15, -0.1) is 0 Å². The molecular formula is C9H18N2O3S. The topological polar surface area (TPSA) is 89.3 Å². The van der Waals surface area contributed by atoms with Crippen molar-refractivity contribution >= 4 is 15.9 Å². The van der Waals surface area contributed by atoms with Crippen LogP contribution in [0.1, 0.15) is 33.1 Å². The first-order valence-corrected chi connectivity index (χ1v) is 6.74. The summed E-state index contributed by atoms with van der Waals surface area (Å²) in [6.45, 7) is 3.74. The minimum Gasteiger partial charge on any atom is -0.320 e. The molecule has 0 radical (unpaired) electrons. The molecule has 0 bridgehead atoms. The molecule has 2 atom stereocenters. The molecule has 3 N–H and O–H groups in total. The van der Waals surface area contributed by atoms with Gasteiger partial charge in [-0.2, -0.15) is 0 Å². The predicted octanol–water partition coefficient (Wildman–Crippen LogP) is -0.0318. The van der Waals surface area contributed by atoms with E-state index in [-0.39, 0.29) is 11.2 Å². The Morgan fingerprint density at radius 3 is 2.47 bits per heavy atom. The van der Waals surface area contributed by atoms with Crippen molar-refractivity contribution in [3.05, 3.63) is 0 Å². The lowest BCUT2D eigenvalue weighted by atomic mass is 10.00. The fraction of sp³-hybridized carbons (Fsp3) is 0.889. The number of rotatable bonds is 5. The van der Waals surface area contributed by atoms with E-state index < -0.39 is 22.0 Å². The molecule has 15 heavy (non-hydrogen) atoms. The molecule has 5 nitrogen and oxygen atoms in total. The van der Waals surface area contributed by atoms with Crippen LogP contribution in [-0.2, 0) is 14.8 Å².